The molecule has 0 amide bonds. The third-order valence-electron chi connectivity index (χ3n) is 1.82. The molecule has 1 rings (SSSR count). The predicted molar refractivity (Wildman–Crippen MR) is 33.3 cm³/mol. The van der Waals surface area contributed by atoms with E-state index in [1.54, 1.807) is 0 Å². The Labute approximate surface area is 50.2 Å². The Morgan fingerprint density at radius 1 is 1.25 bits per heavy atom. The number of rotatable bonds is 0. The molecule has 2 atom stereocenters. The largest absolute Gasteiger partial charge is 0.326 e. The van der Waals surface area contributed by atoms with Crippen LogP contribution in [0.2, 0.25) is 0 Å². The van der Waals surface area contributed by atoms with Crippen molar-refractivity contribution in [2.45, 2.75) is 37.8 Å². The van der Waals surface area contributed by atoms with Crippen LogP contribution in [-0.4, -0.2) is 12.1 Å². The monoisotopic (exact) mass is 113 g/mol. The molecule has 0 aliphatic heterocycles. The van der Waals surface area contributed by atoms with E-state index in [9.17, 15) is 0 Å². The molecular formula is C6H13N2. The highest BCUT2D eigenvalue weighted by molar-refractivity contribution is 4.79. The minimum absolute atomic E-state index is 0.0312. The second-order valence-corrected chi connectivity index (χ2v) is 2.55. The van der Waals surface area contributed by atoms with Crippen molar-refractivity contribution in [2.75, 3.05) is 0 Å². The predicted octanol–water partition coefficient (Wildman–Crippen LogP) is 0.539. The van der Waals surface area contributed by atoms with E-state index in [0.717, 1.165) is 12.8 Å². The summed E-state index contributed by atoms with van der Waals surface area (Å²) in [7, 11) is 0. The Bertz CT molecular complexity index is 62.9. The van der Waals surface area contributed by atoms with Gasteiger partial charge in [-0.3, -0.25) is 5.73 Å². The molecule has 2 heteroatoms. The molecule has 0 bridgehead atoms. The van der Waals surface area contributed by atoms with Crippen LogP contribution in [0.1, 0.15) is 25.7 Å². The molecule has 8 heavy (non-hydrogen) atoms. The Hall–Kier alpha value is -0.0800. The van der Waals surface area contributed by atoms with E-state index >= 15 is 0 Å². The van der Waals surface area contributed by atoms with Crippen LogP contribution >= 0.6 is 0 Å². The lowest BCUT2D eigenvalue weighted by atomic mass is 9.92. The summed E-state index contributed by atoms with van der Waals surface area (Å²) >= 11 is 0. The second kappa shape index (κ2) is 2.46. The van der Waals surface area contributed by atoms with Crippen molar-refractivity contribution in [3.8, 4) is 0 Å². The van der Waals surface area contributed by atoms with Crippen LogP contribution in [0.4, 0.5) is 0 Å². The zero-order chi connectivity index (χ0) is 5.98. The van der Waals surface area contributed by atoms with Gasteiger partial charge in [-0.05, 0) is 12.8 Å². The first-order valence-electron chi connectivity index (χ1n) is 3.27. The summed E-state index contributed by atoms with van der Waals surface area (Å²) in [5.74, 6) is 0. The molecule has 0 spiro atoms. The fraction of sp³-hybridized carbons (Fsp3) is 1.00. The maximum Gasteiger partial charge on any atom is 0.0364 e. The molecule has 1 aliphatic carbocycles. The molecule has 0 heterocycles. The van der Waals surface area contributed by atoms with Gasteiger partial charge in [0.2, 0.25) is 0 Å². The molecule has 1 radical (unpaired) electrons. The van der Waals surface area contributed by atoms with Gasteiger partial charge in [0.1, 0.15) is 0 Å². The first-order valence-corrected chi connectivity index (χ1v) is 3.27. The first kappa shape index (κ1) is 6.05. The summed E-state index contributed by atoms with van der Waals surface area (Å²) < 4.78 is 0. The lowest BCUT2D eigenvalue weighted by Gasteiger charge is -2.23. The van der Waals surface area contributed by atoms with Gasteiger partial charge in [0.15, 0.2) is 0 Å². The molecule has 0 aromatic carbocycles. The molecule has 0 unspecified atom stereocenters. The number of hydrogen-bond acceptors (Lipinski definition) is 1. The van der Waals surface area contributed by atoms with Gasteiger partial charge in [0.05, 0.1) is 0 Å². The van der Waals surface area contributed by atoms with Crippen LogP contribution < -0.4 is 11.5 Å². The van der Waals surface area contributed by atoms with E-state index in [1.165, 1.54) is 12.8 Å². The molecule has 3 N–H and O–H groups in total. The zero-order valence-corrected chi connectivity index (χ0v) is 5.06. The summed E-state index contributed by atoms with van der Waals surface area (Å²) in [4.78, 5) is 0. The highest BCUT2D eigenvalue weighted by Crippen LogP contribution is 2.15. The van der Waals surface area contributed by atoms with E-state index in [1.807, 2.05) is 0 Å². The lowest BCUT2D eigenvalue weighted by Crippen LogP contribution is -2.38. The number of hydrogen-bond donors (Lipinski definition) is 1. The molecule has 1 fully saturated rings. The normalized spacial score (nSPS) is 39.8. The minimum Gasteiger partial charge on any atom is -0.326 e. The number of nitrogens with one attached hydrogen (secondary N) is 1. The maximum atomic E-state index is 7.35. The fourth-order valence-corrected chi connectivity index (χ4v) is 1.16. The highest BCUT2D eigenvalue weighted by Gasteiger charge is 2.17. The van der Waals surface area contributed by atoms with E-state index in [-0.39, 0.29) is 12.1 Å². The molecule has 2 nitrogen and oxygen atoms in total. The van der Waals surface area contributed by atoms with Crippen molar-refractivity contribution in [1.82, 2.24) is 5.73 Å². The van der Waals surface area contributed by atoms with Crippen molar-refractivity contribution < 1.29 is 0 Å². The van der Waals surface area contributed by atoms with Gasteiger partial charge < -0.3 is 5.73 Å². The smallest absolute Gasteiger partial charge is 0.0364 e. The molecular weight excluding hydrogens is 100 g/mol. The molecule has 0 aromatic heterocycles. The third kappa shape index (κ3) is 1.20. The van der Waals surface area contributed by atoms with Crippen molar-refractivity contribution in [3.05, 3.63) is 0 Å². The van der Waals surface area contributed by atoms with E-state index < -0.39 is 0 Å². The van der Waals surface area contributed by atoms with Crippen molar-refractivity contribution >= 4 is 0 Å². The van der Waals surface area contributed by atoms with Gasteiger partial charge >= 0.3 is 0 Å². The van der Waals surface area contributed by atoms with Crippen molar-refractivity contribution in [1.29, 1.82) is 0 Å². The summed E-state index contributed by atoms with van der Waals surface area (Å²) in [6.07, 6.45) is 4.52. The summed E-state index contributed by atoms with van der Waals surface area (Å²) in [5.41, 5.74) is 12.9. The quantitative estimate of drug-likeness (QED) is 0.489. The third-order valence-corrected chi connectivity index (χ3v) is 1.82. The Kier molecular flexibility index (Phi) is 1.86. The van der Waals surface area contributed by atoms with Crippen LogP contribution in [0.3, 0.4) is 0 Å². The second-order valence-electron chi connectivity index (χ2n) is 2.55. The van der Waals surface area contributed by atoms with Crippen molar-refractivity contribution in [2.24, 2.45) is 5.73 Å². The highest BCUT2D eigenvalue weighted by atomic mass is 14.8. The minimum atomic E-state index is 0.0312. The van der Waals surface area contributed by atoms with Gasteiger partial charge in [-0.1, -0.05) is 12.8 Å². The average molecular weight is 113 g/mol. The molecule has 1 aliphatic rings. The van der Waals surface area contributed by atoms with Gasteiger partial charge in [0, 0.05) is 12.1 Å². The van der Waals surface area contributed by atoms with Gasteiger partial charge in [-0.2, -0.15) is 0 Å². The zero-order valence-electron chi connectivity index (χ0n) is 5.06. The topological polar surface area (TPSA) is 49.8 Å². The van der Waals surface area contributed by atoms with Crippen LogP contribution in [-0.2, 0) is 0 Å². The summed E-state index contributed by atoms with van der Waals surface area (Å²) in [6.45, 7) is 0. The number of nitrogens with two attached hydrogens (primary N) is 1. The first-order chi connectivity index (χ1) is 3.80. The molecule has 0 aromatic rings. The maximum absolute atomic E-state index is 7.35. The SMILES string of the molecule is [NH][C@@H]1CCCC[C@H]1N. The van der Waals surface area contributed by atoms with Gasteiger partial charge in [-0.15, -0.1) is 0 Å². The Morgan fingerprint density at radius 3 is 2.25 bits per heavy atom. The van der Waals surface area contributed by atoms with Gasteiger partial charge in [-0.25, -0.2) is 0 Å². The Morgan fingerprint density at radius 2 is 1.88 bits per heavy atom. The summed E-state index contributed by atoms with van der Waals surface area (Å²) in [5, 5.41) is 0. The van der Waals surface area contributed by atoms with Crippen LogP contribution in [0, 0.1) is 0 Å². The molecule has 0 saturated heterocycles. The molecule has 47 valence electrons. The van der Waals surface area contributed by atoms with E-state index in [0.29, 0.717) is 0 Å². The molecule has 1 saturated carbocycles. The van der Waals surface area contributed by atoms with Gasteiger partial charge in [0.25, 0.3) is 0 Å². The standard InChI is InChI=1S/C6H13N2/c7-5-3-1-2-4-6(5)8/h5-7H,1-4,8H2/t5-,6-/m1/s1. The fourth-order valence-electron chi connectivity index (χ4n) is 1.16. The summed E-state index contributed by atoms with van der Waals surface area (Å²) in [6, 6.07) is 0.201. The van der Waals surface area contributed by atoms with E-state index in [2.05, 4.69) is 0 Å². The van der Waals surface area contributed by atoms with Crippen LogP contribution in [0.5, 0.6) is 0 Å². The van der Waals surface area contributed by atoms with E-state index in [4.69, 9.17) is 11.5 Å². The average Bonchev–Trinajstić information content (AvgIpc) is 1.77. The Balaban J connectivity index is 2.28. The van der Waals surface area contributed by atoms with Crippen LogP contribution in [0.15, 0.2) is 0 Å². The van der Waals surface area contributed by atoms with Crippen LogP contribution in [0.25, 0.3) is 0 Å². The van der Waals surface area contributed by atoms with Crippen molar-refractivity contribution in [3.63, 3.8) is 0 Å². The lowest BCUT2D eigenvalue weighted by molar-refractivity contribution is 0.377.